The predicted molar refractivity (Wildman–Crippen MR) is 78.0 cm³/mol. The Morgan fingerprint density at radius 1 is 1.12 bits per heavy atom. The Morgan fingerprint density at radius 3 is 2.38 bits per heavy atom. The number of hydroxylamine groups is 2. The van der Waals surface area contributed by atoms with Gasteiger partial charge in [-0.3, -0.25) is 19.2 Å². The lowest BCUT2D eigenvalue weighted by Gasteiger charge is -2.25. The van der Waals surface area contributed by atoms with Gasteiger partial charge in [0.2, 0.25) is 0 Å². The van der Waals surface area contributed by atoms with Gasteiger partial charge >= 0.3 is 18.4 Å². The number of allylic oxidation sites excluding steroid dienone is 1. The van der Waals surface area contributed by atoms with Crippen LogP contribution in [0, 0.1) is 5.82 Å². The smallest absolute Gasteiger partial charge is 0.636 e. The van der Waals surface area contributed by atoms with Crippen molar-refractivity contribution in [2.45, 2.75) is 12.8 Å². The van der Waals surface area contributed by atoms with Crippen molar-refractivity contribution in [3.05, 3.63) is 53.5 Å². The standard InChI is InChI=1S/C15H10BNO7/c1-8-6-9-7-12(18)23-16(9,22-8)15(21)24-17-13(19)10-4-2-3-5-11(10)14(17)20/h2-5H,1,6-7H2. The zero-order valence-corrected chi connectivity index (χ0v) is 12.3. The van der Waals surface area contributed by atoms with Gasteiger partial charge < -0.3 is 14.1 Å². The van der Waals surface area contributed by atoms with E-state index >= 15 is 0 Å². The highest BCUT2D eigenvalue weighted by Gasteiger charge is 2.71. The van der Waals surface area contributed by atoms with Crippen LogP contribution in [0.1, 0.15) is 33.6 Å². The van der Waals surface area contributed by atoms with Gasteiger partial charge in [0, 0.05) is 5.82 Å². The van der Waals surface area contributed by atoms with E-state index in [-0.39, 0.29) is 29.7 Å². The summed E-state index contributed by atoms with van der Waals surface area (Å²) in [6, 6.07) is 6.08. The highest BCUT2D eigenvalue weighted by Crippen LogP contribution is 2.45. The highest BCUT2D eigenvalue weighted by atomic mass is 16.7. The molecule has 1 unspecified atom stereocenters. The third-order valence-corrected chi connectivity index (χ3v) is 4.21. The first-order valence-electron chi connectivity index (χ1n) is 7.20. The van der Waals surface area contributed by atoms with Gasteiger partial charge in [0.05, 0.1) is 16.9 Å². The average molecular weight is 327 g/mol. The number of hydrogen-bond donors (Lipinski definition) is 0. The normalized spacial score (nSPS) is 24.7. The van der Waals surface area contributed by atoms with Crippen molar-refractivity contribution in [3.63, 3.8) is 0 Å². The van der Waals surface area contributed by atoms with Crippen LogP contribution in [0.25, 0.3) is 0 Å². The summed E-state index contributed by atoms with van der Waals surface area (Å²) < 4.78 is 10.4. The Bertz CT molecular complexity index is 778. The molecule has 3 aliphatic heterocycles. The molecule has 0 N–H and O–H groups in total. The number of carbonyl (C=O) groups excluding carboxylic acids is 4. The van der Waals surface area contributed by atoms with Crippen LogP contribution < -0.4 is 0 Å². The number of rotatable bonds is 2. The topological polar surface area (TPSA) is 99.2 Å². The van der Waals surface area contributed by atoms with Crippen LogP contribution in [0.15, 0.2) is 36.6 Å². The van der Waals surface area contributed by atoms with Gasteiger partial charge in [-0.25, -0.2) is 0 Å². The zero-order valence-electron chi connectivity index (χ0n) is 12.3. The van der Waals surface area contributed by atoms with E-state index in [1.165, 1.54) is 12.1 Å². The molecule has 1 aromatic carbocycles. The van der Waals surface area contributed by atoms with Crippen LogP contribution in [0.3, 0.4) is 0 Å². The summed E-state index contributed by atoms with van der Waals surface area (Å²) in [7, 11) is 0. The van der Waals surface area contributed by atoms with Gasteiger partial charge in [-0.2, -0.15) is 0 Å². The van der Waals surface area contributed by atoms with E-state index in [4.69, 9.17) is 14.1 Å². The molecule has 0 bridgehead atoms. The highest BCUT2D eigenvalue weighted by molar-refractivity contribution is 7.02. The molecule has 2 fully saturated rings. The van der Waals surface area contributed by atoms with Crippen molar-refractivity contribution < 1.29 is 33.3 Å². The SMILES string of the molecule is C=C1C[C+]2CC(=O)O[B-]2(C(=O)ON2C(=O)c3ccccc3C2=O)O1. The molecule has 0 radical (unpaired) electrons. The summed E-state index contributed by atoms with van der Waals surface area (Å²) in [4.78, 5) is 53.5. The molecule has 24 heavy (non-hydrogen) atoms. The van der Waals surface area contributed by atoms with E-state index in [1.54, 1.807) is 12.1 Å². The second-order valence-corrected chi connectivity index (χ2v) is 5.73. The van der Waals surface area contributed by atoms with Crippen molar-refractivity contribution in [2.24, 2.45) is 0 Å². The minimum atomic E-state index is -2.85. The number of amides is 2. The monoisotopic (exact) mass is 327 g/mol. The molecule has 0 spiro atoms. The number of nitrogens with zero attached hydrogens (tertiary/aromatic N) is 1. The molecule has 2 amide bonds. The van der Waals surface area contributed by atoms with Crippen LogP contribution in [-0.4, -0.2) is 35.3 Å². The molecule has 3 aliphatic rings. The Labute approximate surface area is 135 Å². The lowest BCUT2D eigenvalue weighted by molar-refractivity contribution is -0.133. The van der Waals surface area contributed by atoms with Gasteiger partial charge in [-0.15, -0.1) is 0 Å². The van der Waals surface area contributed by atoms with Crippen molar-refractivity contribution in [1.82, 2.24) is 5.06 Å². The molecule has 9 heteroatoms. The van der Waals surface area contributed by atoms with E-state index in [9.17, 15) is 19.2 Å². The molecular formula is C15H10BNO7. The fraction of sp³-hybridized carbons (Fsp3) is 0.133. The first kappa shape index (κ1) is 14.4. The number of benzene rings is 1. The summed E-state index contributed by atoms with van der Waals surface area (Å²) in [5, 5.41) is 0.359. The minimum Gasteiger partial charge on any atom is -0.636 e. The van der Waals surface area contributed by atoms with Crippen LogP contribution >= 0.6 is 0 Å². The van der Waals surface area contributed by atoms with Gasteiger partial charge in [0.25, 0.3) is 11.8 Å². The van der Waals surface area contributed by atoms with Crippen LogP contribution in [0.5, 0.6) is 0 Å². The minimum absolute atomic E-state index is 0.0871. The Kier molecular flexibility index (Phi) is 2.78. The third kappa shape index (κ3) is 1.78. The quantitative estimate of drug-likeness (QED) is 0.459. The molecule has 0 aliphatic carbocycles. The van der Waals surface area contributed by atoms with Crippen LogP contribution in [0.4, 0.5) is 4.79 Å². The van der Waals surface area contributed by atoms with Crippen molar-refractivity contribution in [3.8, 4) is 0 Å². The summed E-state index contributed by atoms with van der Waals surface area (Å²) in [5.74, 6) is -2.61. The molecule has 3 heterocycles. The molecule has 1 aromatic rings. The van der Waals surface area contributed by atoms with E-state index in [0.717, 1.165) is 0 Å². The second-order valence-electron chi connectivity index (χ2n) is 5.73. The Morgan fingerprint density at radius 2 is 1.75 bits per heavy atom. The first-order valence-corrected chi connectivity index (χ1v) is 7.20. The largest absolute Gasteiger partial charge is 0.664 e. The predicted octanol–water partition coefficient (Wildman–Crippen LogP) is 1.35. The zero-order chi connectivity index (χ0) is 17.1. The third-order valence-electron chi connectivity index (χ3n) is 4.21. The summed E-state index contributed by atoms with van der Waals surface area (Å²) in [5.41, 5.74) is 0.259. The molecule has 4 rings (SSSR count). The molecule has 2 saturated heterocycles. The van der Waals surface area contributed by atoms with Crippen molar-refractivity contribution in [2.75, 3.05) is 0 Å². The van der Waals surface area contributed by atoms with E-state index in [2.05, 4.69) is 6.58 Å². The molecule has 0 aromatic heterocycles. The van der Waals surface area contributed by atoms with E-state index < -0.39 is 30.2 Å². The maximum absolute atomic E-state index is 12.5. The fourth-order valence-corrected chi connectivity index (χ4v) is 3.14. The average Bonchev–Trinajstić information content (AvgIpc) is 3.10. The van der Waals surface area contributed by atoms with Crippen molar-refractivity contribution >= 4 is 30.2 Å². The lowest BCUT2D eigenvalue weighted by Crippen LogP contribution is -2.52. The van der Waals surface area contributed by atoms with Crippen LogP contribution in [0.2, 0.25) is 0 Å². The van der Waals surface area contributed by atoms with Gasteiger partial charge in [0.15, 0.2) is 0 Å². The molecular weight excluding hydrogens is 317 g/mol. The maximum Gasteiger partial charge on any atom is 0.664 e. The molecule has 0 saturated carbocycles. The van der Waals surface area contributed by atoms with Gasteiger partial charge in [-0.05, 0) is 12.1 Å². The van der Waals surface area contributed by atoms with Crippen molar-refractivity contribution in [1.29, 1.82) is 0 Å². The van der Waals surface area contributed by atoms with Crippen LogP contribution in [-0.2, 0) is 18.9 Å². The summed E-state index contributed by atoms with van der Waals surface area (Å²) >= 11 is 0. The summed E-state index contributed by atoms with van der Waals surface area (Å²) in [6.45, 7) is 0.764. The molecule has 8 nitrogen and oxygen atoms in total. The van der Waals surface area contributed by atoms with E-state index in [1.807, 2.05) is 0 Å². The Hall–Kier alpha value is -3.23. The van der Waals surface area contributed by atoms with E-state index in [0.29, 0.717) is 10.9 Å². The van der Waals surface area contributed by atoms with Gasteiger partial charge in [0.1, 0.15) is 12.8 Å². The number of fused-ring (bicyclic) bond motifs is 2. The summed E-state index contributed by atoms with van der Waals surface area (Å²) in [6.07, 6.45) is 0.110. The molecule has 1 atom stereocenters. The number of carbonyl (C=O) groups is 4. The van der Waals surface area contributed by atoms with Gasteiger partial charge in [-0.1, -0.05) is 23.8 Å². The number of hydrogen-bond acceptors (Lipinski definition) is 7. The Balaban J connectivity index is 1.61. The maximum atomic E-state index is 12.5. The molecule has 120 valence electrons. The fourth-order valence-electron chi connectivity index (χ4n) is 3.14. The second kappa shape index (κ2) is 4.64. The lowest BCUT2D eigenvalue weighted by atomic mass is 9.49. The first-order chi connectivity index (χ1) is 11.4. The number of imide groups is 1.